The second kappa shape index (κ2) is 6.14. The van der Waals surface area contributed by atoms with Crippen LogP contribution in [0.1, 0.15) is 35.4 Å². The molecule has 1 saturated heterocycles. The molecule has 1 heterocycles. The van der Waals surface area contributed by atoms with Crippen LogP contribution in [0, 0.1) is 13.8 Å². The van der Waals surface area contributed by atoms with E-state index in [9.17, 15) is 0 Å². The molecule has 1 fully saturated rings. The largest absolute Gasteiger partial charge is 0.493 e. The van der Waals surface area contributed by atoms with Gasteiger partial charge in [-0.3, -0.25) is 0 Å². The maximum Gasteiger partial charge on any atom is 0.165 e. The summed E-state index contributed by atoms with van der Waals surface area (Å²) in [6, 6.07) is 0. The van der Waals surface area contributed by atoms with Crippen molar-refractivity contribution in [2.75, 3.05) is 27.3 Å². The summed E-state index contributed by atoms with van der Waals surface area (Å²) in [5.41, 5.74) is 3.65. The SMILES string of the molecule is COc1c(C)c(Br)c(C)c(C2CCCNC2)c1OC. The third kappa shape index (κ3) is 2.61. The molecule has 1 unspecified atom stereocenters. The Hall–Kier alpha value is -0.740. The van der Waals surface area contributed by atoms with Crippen molar-refractivity contribution in [3.8, 4) is 11.5 Å². The minimum Gasteiger partial charge on any atom is -0.493 e. The molecule has 1 N–H and O–H groups in total. The highest BCUT2D eigenvalue weighted by Gasteiger charge is 2.26. The van der Waals surface area contributed by atoms with Crippen molar-refractivity contribution >= 4 is 15.9 Å². The molecule has 1 aliphatic heterocycles. The first-order chi connectivity index (χ1) is 9.11. The van der Waals surface area contributed by atoms with E-state index in [0.717, 1.165) is 34.6 Å². The van der Waals surface area contributed by atoms with Crippen molar-refractivity contribution in [1.29, 1.82) is 0 Å². The third-order valence-corrected chi connectivity index (χ3v) is 5.16. The van der Waals surface area contributed by atoms with Crippen molar-refractivity contribution in [3.05, 3.63) is 21.2 Å². The fourth-order valence-electron chi connectivity index (χ4n) is 3.00. The van der Waals surface area contributed by atoms with Crippen LogP contribution in [0.25, 0.3) is 0 Å². The van der Waals surface area contributed by atoms with E-state index in [-0.39, 0.29) is 0 Å². The van der Waals surface area contributed by atoms with E-state index in [1.54, 1.807) is 14.2 Å². The second-order valence-electron chi connectivity index (χ2n) is 5.09. The van der Waals surface area contributed by atoms with Crippen molar-refractivity contribution < 1.29 is 9.47 Å². The van der Waals surface area contributed by atoms with E-state index in [1.165, 1.54) is 24.0 Å². The molecular weight excluding hydrogens is 306 g/mol. The number of piperidine rings is 1. The Kier molecular flexibility index (Phi) is 4.74. The molecule has 2 rings (SSSR count). The van der Waals surface area contributed by atoms with Crippen LogP contribution in [0.2, 0.25) is 0 Å². The van der Waals surface area contributed by atoms with Crippen LogP contribution in [-0.2, 0) is 0 Å². The first-order valence-corrected chi connectivity index (χ1v) is 7.52. The Bertz CT molecular complexity index is 468. The molecule has 4 heteroatoms. The van der Waals surface area contributed by atoms with E-state index in [2.05, 4.69) is 35.1 Å². The summed E-state index contributed by atoms with van der Waals surface area (Å²) >= 11 is 3.70. The summed E-state index contributed by atoms with van der Waals surface area (Å²) in [7, 11) is 3.43. The number of nitrogens with one attached hydrogen (secondary N) is 1. The molecule has 1 atom stereocenters. The maximum absolute atomic E-state index is 5.66. The average molecular weight is 328 g/mol. The molecular formula is C15H22BrNO2. The number of rotatable bonds is 3. The van der Waals surface area contributed by atoms with Gasteiger partial charge in [0.25, 0.3) is 0 Å². The van der Waals surface area contributed by atoms with E-state index in [4.69, 9.17) is 9.47 Å². The van der Waals surface area contributed by atoms with Gasteiger partial charge in [-0.2, -0.15) is 0 Å². The van der Waals surface area contributed by atoms with Gasteiger partial charge in [0, 0.05) is 28.1 Å². The molecule has 0 aliphatic carbocycles. The Balaban J connectivity index is 2.59. The number of ether oxygens (including phenoxy) is 2. The molecule has 1 aliphatic rings. The highest BCUT2D eigenvalue weighted by Crippen LogP contribution is 2.46. The topological polar surface area (TPSA) is 30.5 Å². The summed E-state index contributed by atoms with van der Waals surface area (Å²) < 4.78 is 12.4. The number of methoxy groups -OCH3 is 2. The molecule has 0 amide bonds. The first-order valence-electron chi connectivity index (χ1n) is 6.73. The molecule has 19 heavy (non-hydrogen) atoms. The Morgan fingerprint density at radius 1 is 1.11 bits per heavy atom. The molecule has 0 spiro atoms. The first kappa shape index (κ1) is 14.7. The fraction of sp³-hybridized carbons (Fsp3) is 0.600. The van der Waals surface area contributed by atoms with Gasteiger partial charge in [-0.15, -0.1) is 0 Å². The normalized spacial score (nSPS) is 19.3. The lowest BCUT2D eigenvalue weighted by Crippen LogP contribution is -2.29. The van der Waals surface area contributed by atoms with Crippen LogP contribution in [0.3, 0.4) is 0 Å². The van der Waals surface area contributed by atoms with Gasteiger partial charge >= 0.3 is 0 Å². The number of halogens is 1. The number of benzene rings is 1. The Labute approximate surface area is 123 Å². The molecule has 0 aromatic heterocycles. The lowest BCUT2D eigenvalue weighted by atomic mass is 9.87. The molecule has 1 aromatic rings. The summed E-state index contributed by atoms with van der Waals surface area (Å²) in [5.74, 6) is 2.24. The van der Waals surface area contributed by atoms with Gasteiger partial charge in [-0.05, 0) is 38.8 Å². The summed E-state index contributed by atoms with van der Waals surface area (Å²) in [4.78, 5) is 0. The zero-order valence-electron chi connectivity index (χ0n) is 12.1. The van der Waals surface area contributed by atoms with Gasteiger partial charge in [0.05, 0.1) is 14.2 Å². The Morgan fingerprint density at radius 2 is 1.79 bits per heavy atom. The summed E-state index contributed by atoms with van der Waals surface area (Å²) in [6.45, 7) is 6.34. The second-order valence-corrected chi connectivity index (χ2v) is 5.88. The van der Waals surface area contributed by atoms with Crippen LogP contribution in [0.15, 0.2) is 4.47 Å². The van der Waals surface area contributed by atoms with E-state index < -0.39 is 0 Å². The van der Waals surface area contributed by atoms with E-state index >= 15 is 0 Å². The van der Waals surface area contributed by atoms with Crippen molar-refractivity contribution in [2.45, 2.75) is 32.6 Å². The Morgan fingerprint density at radius 3 is 2.32 bits per heavy atom. The molecule has 1 aromatic carbocycles. The predicted molar refractivity (Wildman–Crippen MR) is 81.6 cm³/mol. The van der Waals surface area contributed by atoms with E-state index in [1.807, 2.05) is 0 Å². The quantitative estimate of drug-likeness (QED) is 0.920. The van der Waals surface area contributed by atoms with Crippen molar-refractivity contribution in [3.63, 3.8) is 0 Å². The molecule has 0 radical (unpaired) electrons. The molecule has 0 saturated carbocycles. The number of hydrogen-bond donors (Lipinski definition) is 1. The smallest absolute Gasteiger partial charge is 0.165 e. The van der Waals surface area contributed by atoms with Gasteiger partial charge in [0.2, 0.25) is 0 Å². The zero-order valence-corrected chi connectivity index (χ0v) is 13.7. The predicted octanol–water partition coefficient (Wildman–Crippen LogP) is 3.55. The highest BCUT2D eigenvalue weighted by molar-refractivity contribution is 9.10. The standard InChI is InChI=1S/C15H22BrNO2/c1-9-12(11-6-5-7-17-8-11)15(19-4)14(18-3)10(2)13(9)16/h11,17H,5-8H2,1-4H3. The zero-order chi connectivity index (χ0) is 14.0. The van der Waals surface area contributed by atoms with Crippen LogP contribution < -0.4 is 14.8 Å². The van der Waals surface area contributed by atoms with Crippen molar-refractivity contribution in [2.24, 2.45) is 0 Å². The van der Waals surface area contributed by atoms with Gasteiger partial charge in [0.1, 0.15) is 0 Å². The summed E-state index contributed by atoms with van der Waals surface area (Å²) in [6.07, 6.45) is 2.41. The fourth-order valence-corrected chi connectivity index (χ4v) is 3.39. The average Bonchev–Trinajstić information content (AvgIpc) is 2.45. The van der Waals surface area contributed by atoms with E-state index in [0.29, 0.717) is 5.92 Å². The lowest BCUT2D eigenvalue weighted by Gasteiger charge is -2.28. The highest BCUT2D eigenvalue weighted by atomic mass is 79.9. The monoisotopic (exact) mass is 327 g/mol. The van der Waals surface area contributed by atoms with Crippen LogP contribution in [-0.4, -0.2) is 27.3 Å². The molecule has 106 valence electrons. The van der Waals surface area contributed by atoms with Crippen LogP contribution >= 0.6 is 15.9 Å². The third-order valence-electron chi connectivity index (χ3n) is 3.97. The minimum absolute atomic E-state index is 0.495. The maximum atomic E-state index is 5.66. The van der Waals surface area contributed by atoms with Gasteiger partial charge in [0.15, 0.2) is 11.5 Å². The lowest BCUT2D eigenvalue weighted by molar-refractivity contribution is 0.342. The molecule has 0 bridgehead atoms. The summed E-state index contributed by atoms with van der Waals surface area (Å²) in [5, 5.41) is 3.47. The van der Waals surface area contributed by atoms with Gasteiger partial charge in [-0.25, -0.2) is 0 Å². The minimum atomic E-state index is 0.495. The van der Waals surface area contributed by atoms with Gasteiger partial charge < -0.3 is 14.8 Å². The van der Waals surface area contributed by atoms with Crippen molar-refractivity contribution in [1.82, 2.24) is 5.32 Å². The van der Waals surface area contributed by atoms with Crippen LogP contribution in [0.4, 0.5) is 0 Å². The number of hydrogen-bond acceptors (Lipinski definition) is 3. The van der Waals surface area contributed by atoms with Gasteiger partial charge in [-0.1, -0.05) is 15.9 Å². The molecule has 3 nitrogen and oxygen atoms in total. The van der Waals surface area contributed by atoms with Crippen LogP contribution in [0.5, 0.6) is 11.5 Å².